The number of nitrogens with zero attached hydrogens (tertiary/aromatic N) is 1. The van der Waals surface area contributed by atoms with Gasteiger partial charge in [0, 0.05) is 39.3 Å². The first-order valence-electron chi connectivity index (χ1n) is 6.56. The Morgan fingerprint density at radius 1 is 1.47 bits per heavy atom. The average molecular weight is 243 g/mol. The van der Waals surface area contributed by atoms with E-state index >= 15 is 0 Å². The monoisotopic (exact) mass is 243 g/mol. The molecule has 1 atom stereocenters. The Bertz CT molecular complexity index is 218. The summed E-state index contributed by atoms with van der Waals surface area (Å²) < 4.78 is 5.22. The van der Waals surface area contributed by atoms with Gasteiger partial charge < -0.3 is 20.3 Å². The molecule has 2 N–H and O–H groups in total. The topological polar surface area (TPSA) is 53.6 Å². The number of piperazine rings is 1. The molecule has 1 fully saturated rings. The normalized spacial score (nSPS) is 18.9. The maximum atomic E-state index is 11.5. The molecule has 0 aromatic heterocycles. The largest absolute Gasteiger partial charge is 0.369 e. The highest BCUT2D eigenvalue weighted by Crippen LogP contribution is 1.94. The van der Waals surface area contributed by atoms with Crippen molar-refractivity contribution in [3.05, 3.63) is 0 Å². The van der Waals surface area contributed by atoms with Crippen LogP contribution >= 0.6 is 0 Å². The van der Waals surface area contributed by atoms with Crippen molar-refractivity contribution >= 4 is 5.91 Å². The zero-order valence-corrected chi connectivity index (χ0v) is 11.0. The number of ether oxygens (including phenoxy) is 1. The first-order chi connectivity index (χ1) is 8.24. The van der Waals surface area contributed by atoms with Gasteiger partial charge >= 0.3 is 0 Å². The van der Waals surface area contributed by atoms with E-state index in [1.165, 1.54) is 0 Å². The van der Waals surface area contributed by atoms with E-state index < -0.39 is 0 Å². The number of hydrogen-bond donors (Lipinski definition) is 2. The molecule has 0 aliphatic carbocycles. The van der Waals surface area contributed by atoms with Crippen LogP contribution in [0.1, 0.15) is 20.3 Å². The molecule has 5 heteroatoms. The quantitative estimate of drug-likeness (QED) is 0.609. The molecular weight excluding hydrogens is 218 g/mol. The Hall–Kier alpha value is -0.650. The Kier molecular flexibility index (Phi) is 7.16. The summed E-state index contributed by atoms with van der Waals surface area (Å²) >= 11 is 0. The Morgan fingerprint density at radius 2 is 2.18 bits per heavy atom. The molecule has 1 unspecified atom stereocenters. The Labute approximate surface area is 104 Å². The number of nitrogens with one attached hydrogen (secondary N) is 2. The third-order valence-electron chi connectivity index (χ3n) is 2.95. The van der Waals surface area contributed by atoms with Crippen LogP contribution in [0.2, 0.25) is 0 Å². The van der Waals surface area contributed by atoms with Crippen molar-refractivity contribution in [2.45, 2.75) is 26.4 Å². The number of amides is 1. The second-order valence-corrected chi connectivity index (χ2v) is 4.33. The van der Waals surface area contributed by atoms with Gasteiger partial charge in [-0.25, -0.2) is 0 Å². The van der Waals surface area contributed by atoms with Crippen molar-refractivity contribution < 1.29 is 9.53 Å². The third-order valence-corrected chi connectivity index (χ3v) is 2.95. The van der Waals surface area contributed by atoms with Crippen LogP contribution in [0, 0.1) is 0 Å². The van der Waals surface area contributed by atoms with Crippen LogP contribution < -0.4 is 10.6 Å². The third kappa shape index (κ3) is 6.00. The summed E-state index contributed by atoms with van der Waals surface area (Å²) in [7, 11) is 0. The molecule has 0 bridgehead atoms. The van der Waals surface area contributed by atoms with E-state index in [1.807, 2.05) is 6.92 Å². The van der Waals surface area contributed by atoms with Crippen LogP contribution in [0.3, 0.4) is 0 Å². The van der Waals surface area contributed by atoms with Crippen LogP contribution in [0.4, 0.5) is 0 Å². The Balaban J connectivity index is 2.01. The lowest BCUT2D eigenvalue weighted by molar-refractivity contribution is -0.131. The molecular formula is C12H25N3O2. The van der Waals surface area contributed by atoms with Gasteiger partial charge in [0.2, 0.25) is 5.91 Å². The lowest BCUT2D eigenvalue weighted by Crippen LogP contribution is -2.44. The minimum atomic E-state index is -0.334. The molecule has 1 amide bonds. The fourth-order valence-corrected chi connectivity index (χ4v) is 1.92. The minimum absolute atomic E-state index is 0.00726. The summed E-state index contributed by atoms with van der Waals surface area (Å²) in [5.41, 5.74) is 0. The van der Waals surface area contributed by atoms with Crippen molar-refractivity contribution in [1.29, 1.82) is 0 Å². The summed E-state index contributed by atoms with van der Waals surface area (Å²) in [5, 5.41) is 6.22. The van der Waals surface area contributed by atoms with Crippen LogP contribution in [0.5, 0.6) is 0 Å². The van der Waals surface area contributed by atoms with Gasteiger partial charge in [-0.15, -0.1) is 0 Å². The van der Waals surface area contributed by atoms with Crippen molar-refractivity contribution in [3.63, 3.8) is 0 Å². The van der Waals surface area contributed by atoms with Gasteiger partial charge in [-0.2, -0.15) is 0 Å². The van der Waals surface area contributed by atoms with Gasteiger partial charge in [0.25, 0.3) is 0 Å². The standard InChI is InChI=1S/C12H25N3O2/c1-3-17-11(2)12(16)14-5-4-8-15-9-6-13-7-10-15/h11,13H,3-10H2,1-2H3,(H,14,16). The maximum absolute atomic E-state index is 11.5. The number of carbonyl (C=O) groups is 1. The number of hydrogen-bond acceptors (Lipinski definition) is 4. The molecule has 0 radical (unpaired) electrons. The summed E-state index contributed by atoms with van der Waals surface area (Å²) in [4.78, 5) is 13.9. The number of rotatable bonds is 7. The molecule has 1 aliphatic rings. The van der Waals surface area contributed by atoms with E-state index in [4.69, 9.17) is 4.74 Å². The van der Waals surface area contributed by atoms with Gasteiger partial charge in [0.05, 0.1) is 0 Å². The predicted octanol–water partition coefficient (Wildman–Crippen LogP) is -0.177. The highest BCUT2D eigenvalue weighted by molar-refractivity contribution is 5.80. The molecule has 1 aliphatic heterocycles. The summed E-state index contributed by atoms with van der Waals surface area (Å²) in [5.74, 6) is -0.00726. The van der Waals surface area contributed by atoms with Crippen LogP contribution in [-0.2, 0) is 9.53 Å². The second kappa shape index (κ2) is 8.44. The van der Waals surface area contributed by atoms with Gasteiger partial charge in [-0.1, -0.05) is 0 Å². The minimum Gasteiger partial charge on any atom is -0.369 e. The SMILES string of the molecule is CCOC(C)C(=O)NCCCN1CCNCC1. The fraction of sp³-hybridized carbons (Fsp3) is 0.917. The summed E-state index contributed by atoms with van der Waals surface area (Å²) in [6, 6.07) is 0. The van der Waals surface area contributed by atoms with Crippen molar-refractivity contribution in [2.24, 2.45) is 0 Å². The lowest BCUT2D eigenvalue weighted by Gasteiger charge is -2.27. The first-order valence-corrected chi connectivity index (χ1v) is 6.56. The average Bonchev–Trinajstić information content (AvgIpc) is 2.36. The van der Waals surface area contributed by atoms with Crippen molar-refractivity contribution in [1.82, 2.24) is 15.5 Å². The van der Waals surface area contributed by atoms with Crippen molar-refractivity contribution in [2.75, 3.05) is 45.9 Å². The molecule has 1 saturated heterocycles. The second-order valence-electron chi connectivity index (χ2n) is 4.33. The van der Waals surface area contributed by atoms with E-state index in [-0.39, 0.29) is 12.0 Å². The predicted molar refractivity (Wildman–Crippen MR) is 68.0 cm³/mol. The van der Waals surface area contributed by atoms with E-state index in [1.54, 1.807) is 6.92 Å². The molecule has 5 nitrogen and oxygen atoms in total. The highest BCUT2D eigenvalue weighted by Gasteiger charge is 2.12. The molecule has 100 valence electrons. The molecule has 1 heterocycles. The zero-order chi connectivity index (χ0) is 12.5. The Morgan fingerprint density at radius 3 is 2.82 bits per heavy atom. The van der Waals surface area contributed by atoms with Gasteiger partial charge in [0.1, 0.15) is 6.10 Å². The smallest absolute Gasteiger partial charge is 0.248 e. The molecule has 1 rings (SSSR count). The maximum Gasteiger partial charge on any atom is 0.248 e. The number of carbonyl (C=O) groups excluding carboxylic acids is 1. The summed E-state index contributed by atoms with van der Waals surface area (Å²) in [6.45, 7) is 10.4. The van der Waals surface area contributed by atoms with Gasteiger partial charge in [-0.3, -0.25) is 4.79 Å². The lowest BCUT2D eigenvalue weighted by atomic mass is 10.3. The fourth-order valence-electron chi connectivity index (χ4n) is 1.92. The summed E-state index contributed by atoms with van der Waals surface area (Å²) in [6.07, 6.45) is 0.670. The van der Waals surface area contributed by atoms with Gasteiger partial charge in [-0.05, 0) is 26.8 Å². The van der Waals surface area contributed by atoms with Crippen molar-refractivity contribution in [3.8, 4) is 0 Å². The molecule has 0 spiro atoms. The van der Waals surface area contributed by atoms with E-state index in [9.17, 15) is 4.79 Å². The molecule has 0 aromatic carbocycles. The zero-order valence-electron chi connectivity index (χ0n) is 11.0. The molecule has 0 saturated carbocycles. The van der Waals surface area contributed by atoms with Crippen LogP contribution in [0.15, 0.2) is 0 Å². The van der Waals surface area contributed by atoms with E-state index in [2.05, 4.69) is 15.5 Å². The van der Waals surface area contributed by atoms with E-state index in [0.717, 1.165) is 45.7 Å². The van der Waals surface area contributed by atoms with Crippen LogP contribution in [-0.4, -0.2) is 62.8 Å². The highest BCUT2D eigenvalue weighted by atomic mass is 16.5. The first kappa shape index (κ1) is 14.4. The molecule has 0 aromatic rings. The molecule has 17 heavy (non-hydrogen) atoms. The van der Waals surface area contributed by atoms with Crippen LogP contribution in [0.25, 0.3) is 0 Å². The van der Waals surface area contributed by atoms with E-state index in [0.29, 0.717) is 6.61 Å². The van der Waals surface area contributed by atoms with Gasteiger partial charge in [0.15, 0.2) is 0 Å².